The molecule has 5 rings (SSSR count). The fourth-order valence-electron chi connectivity index (χ4n) is 3.97. The van der Waals surface area contributed by atoms with Crippen molar-refractivity contribution in [2.75, 3.05) is 0 Å². The summed E-state index contributed by atoms with van der Waals surface area (Å²) < 4.78 is 20.7. The Kier molecular flexibility index (Phi) is 4.73. The van der Waals surface area contributed by atoms with Gasteiger partial charge in [-0.15, -0.1) is 0 Å². The molecule has 0 saturated carbocycles. The van der Waals surface area contributed by atoms with Crippen LogP contribution in [0.1, 0.15) is 30.0 Å². The Morgan fingerprint density at radius 1 is 1.32 bits per heavy atom. The van der Waals surface area contributed by atoms with E-state index in [1.54, 1.807) is 31.2 Å². The predicted octanol–water partition coefficient (Wildman–Crippen LogP) is 2.22. The quantitative estimate of drug-likeness (QED) is 0.343. The molecule has 6 nitrogen and oxygen atoms in total. The van der Waals surface area contributed by atoms with Crippen molar-refractivity contribution in [3.05, 3.63) is 63.2 Å². The maximum absolute atomic E-state index is 14.1. The second kappa shape index (κ2) is 6.72. The third kappa shape index (κ3) is 2.54. The summed E-state index contributed by atoms with van der Waals surface area (Å²) in [4.78, 5) is 29.7. The Hall–Kier alpha value is -1.62. The summed E-state index contributed by atoms with van der Waals surface area (Å²) in [5.41, 5.74) is 0.638. The molecule has 0 amide bonds. The molecule has 1 radical (unpaired) electrons. The molecule has 1 N–H and O–H groups in total. The van der Waals surface area contributed by atoms with Gasteiger partial charge in [-0.05, 0) is 30.7 Å². The maximum atomic E-state index is 14.1. The third-order valence-electron chi connectivity index (χ3n) is 5.50. The fourth-order valence-corrected chi connectivity index (χ4v) is 3.97. The van der Waals surface area contributed by atoms with Crippen LogP contribution in [0.5, 0.6) is 0 Å². The molecule has 2 aromatic heterocycles. The predicted molar refractivity (Wildman–Crippen MR) is 94.5 cm³/mol. The maximum Gasteiger partial charge on any atom is 0.343 e. The van der Waals surface area contributed by atoms with Gasteiger partial charge in [0, 0.05) is 60.6 Å². The number of ether oxygens (including phenoxy) is 1. The molecule has 139 valence electrons. The average Bonchev–Trinajstić information content (AvgIpc) is 3.02. The Morgan fingerprint density at radius 2 is 2.11 bits per heavy atom. The van der Waals surface area contributed by atoms with Crippen molar-refractivity contribution in [1.29, 1.82) is 0 Å². The first kappa shape index (κ1) is 19.7. The van der Waals surface area contributed by atoms with E-state index in [1.165, 1.54) is 10.6 Å². The second-order valence-electron chi connectivity index (χ2n) is 6.91. The topological polar surface area (TPSA) is 81.4 Å². The number of aromatic nitrogens is 2. The first-order valence-corrected chi connectivity index (χ1v) is 8.69. The third-order valence-corrected chi connectivity index (χ3v) is 5.50. The normalized spacial score (nSPS) is 19.5. The zero-order chi connectivity index (χ0) is 18.9. The number of fused-ring (bicyclic) bond motifs is 5. The molecule has 2 aliphatic heterocycles. The number of cyclic esters (lactones) is 1. The Morgan fingerprint density at radius 3 is 2.86 bits per heavy atom. The van der Waals surface area contributed by atoms with Gasteiger partial charge >= 0.3 is 5.97 Å². The molecule has 1 atom stereocenters. The van der Waals surface area contributed by atoms with Crippen LogP contribution >= 0.6 is 0 Å². The number of halogens is 1. The van der Waals surface area contributed by atoms with E-state index >= 15 is 0 Å². The zero-order valence-corrected chi connectivity index (χ0v) is 19.8. The van der Waals surface area contributed by atoms with E-state index in [4.69, 9.17) is 4.74 Å². The molecule has 3 aromatic rings. The number of rotatable bonds is 1. The Balaban J connectivity index is 0.00000192. The van der Waals surface area contributed by atoms with Crippen molar-refractivity contribution in [3.8, 4) is 11.4 Å². The number of hydrogen-bond acceptors (Lipinski definition) is 5. The first-order chi connectivity index (χ1) is 12.9. The molecular weight excluding hydrogens is 578 g/mol. The standard InChI is InChI=1S/C20H15FN2O4.Ac/c1-2-20(26)13-7-16-17-10(6-11-14(21)4-3-5-15(11)22-17)8-23(16)18(24)12(13)9-27-19(20)25;/h3-7,26H,2,8-9H2,1H3;. The summed E-state index contributed by atoms with van der Waals surface area (Å²) in [7, 11) is 0. The van der Waals surface area contributed by atoms with Crippen molar-refractivity contribution in [3.63, 3.8) is 0 Å². The van der Waals surface area contributed by atoms with Crippen LogP contribution in [0, 0.1) is 49.9 Å². The van der Waals surface area contributed by atoms with Gasteiger partial charge in [-0.3, -0.25) is 4.79 Å². The first-order valence-electron chi connectivity index (χ1n) is 8.69. The average molecular weight is 593 g/mol. The molecule has 0 fully saturated rings. The molecule has 28 heavy (non-hydrogen) atoms. The van der Waals surface area contributed by atoms with Crippen LogP contribution in [-0.4, -0.2) is 20.6 Å². The molecule has 0 aliphatic carbocycles. The summed E-state index contributed by atoms with van der Waals surface area (Å²) >= 11 is 0. The SMILES string of the molecule is CCC1(O)C(=O)OCc2c1cc1n(c2=O)Cc2cc3c(F)cccc3nc2-1.[Ac]. The van der Waals surface area contributed by atoms with Crippen molar-refractivity contribution in [2.45, 2.75) is 32.1 Å². The van der Waals surface area contributed by atoms with Gasteiger partial charge in [0.1, 0.15) is 12.4 Å². The van der Waals surface area contributed by atoms with E-state index in [1.807, 2.05) is 0 Å². The van der Waals surface area contributed by atoms with Crippen LogP contribution < -0.4 is 5.56 Å². The minimum atomic E-state index is -1.85. The van der Waals surface area contributed by atoms with E-state index in [9.17, 15) is 19.1 Å². The fraction of sp³-hybridized carbons (Fsp3) is 0.250. The van der Waals surface area contributed by atoms with Crippen LogP contribution in [-0.2, 0) is 28.3 Å². The minimum Gasteiger partial charge on any atom is -0.458 e. The molecule has 0 bridgehead atoms. The van der Waals surface area contributed by atoms with Gasteiger partial charge in [-0.25, -0.2) is 14.2 Å². The number of pyridine rings is 2. The van der Waals surface area contributed by atoms with Gasteiger partial charge in [-0.1, -0.05) is 13.0 Å². The second-order valence-corrected chi connectivity index (χ2v) is 6.91. The zero-order valence-electron chi connectivity index (χ0n) is 15.0. The van der Waals surface area contributed by atoms with Crippen molar-refractivity contribution in [1.82, 2.24) is 9.55 Å². The minimum absolute atomic E-state index is 0. The van der Waals surface area contributed by atoms with E-state index in [0.717, 1.165) is 5.56 Å². The summed E-state index contributed by atoms with van der Waals surface area (Å²) in [5, 5.41) is 11.2. The summed E-state index contributed by atoms with van der Waals surface area (Å²) in [6.45, 7) is 1.74. The van der Waals surface area contributed by atoms with E-state index in [0.29, 0.717) is 22.3 Å². The van der Waals surface area contributed by atoms with Crippen LogP contribution in [0.15, 0.2) is 35.1 Å². The molecular formula is C20H15AcFN2O4. The molecule has 1 unspecified atom stereocenters. The number of esters is 1. The number of carbonyl (C=O) groups excluding carboxylic acids is 1. The monoisotopic (exact) mass is 593 g/mol. The number of nitrogens with zero attached hydrogens (tertiary/aromatic N) is 2. The summed E-state index contributed by atoms with van der Waals surface area (Å²) in [6.07, 6.45) is 0.0882. The van der Waals surface area contributed by atoms with E-state index < -0.39 is 11.6 Å². The van der Waals surface area contributed by atoms with E-state index in [-0.39, 0.29) is 86.1 Å². The molecule has 2 aliphatic rings. The largest absolute Gasteiger partial charge is 0.458 e. The molecule has 0 spiro atoms. The van der Waals surface area contributed by atoms with Gasteiger partial charge in [0.05, 0.1) is 29.0 Å². The number of carbonyl (C=O) groups is 1. The molecule has 8 heteroatoms. The Labute approximate surface area is 194 Å². The van der Waals surface area contributed by atoms with Crippen molar-refractivity contribution in [2.24, 2.45) is 0 Å². The van der Waals surface area contributed by atoms with Gasteiger partial charge in [0.15, 0.2) is 5.60 Å². The molecule has 4 heterocycles. The van der Waals surface area contributed by atoms with Crippen LogP contribution in [0.4, 0.5) is 4.39 Å². The van der Waals surface area contributed by atoms with Crippen LogP contribution in [0.2, 0.25) is 0 Å². The number of hydrogen-bond donors (Lipinski definition) is 1. The molecule has 1 aromatic carbocycles. The van der Waals surface area contributed by atoms with Crippen LogP contribution in [0.3, 0.4) is 0 Å². The molecule has 0 saturated heterocycles. The van der Waals surface area contributed by atoms with Crippen LogP contribution in [0.25, 0.3) is 22.3 Å². The summed E-state index contributed by atoms with van der Waals surface area (Å²) in [5.74, 6) is -1.13. The Bertz CT molecular complexity index is 1220. The number of aliphatic hydroxyl groups is 1. The van der Waals surface area contributed by atoms with Crippen molar-refractivity contribution >= 4 is 16.9 Å². The smallest absolute Gasteiger partial charge is 0.343 e. The van der Waals surface area contributed by atoms with Crippen molar-refractivity contribution < 1.29 is 63.1 Å². The van der Waals surface area contributed by atoms with Gasteiger partial charge in [0.2, 0.25) is 0 Å². The number of benzene rings is 1. The van der Waals surface area contributed by atoms with Gasteiger partial charge in [-0.2, -0.15) is 0 Å². The van der Waals surface area contributed by atoms with E-state index in [2.05, 4.69) is 4.98 Å². The van der Waals surface area contributed by atoms with Gasteiger partial charge in [0.25, 0.3) is 5.56 Å². The van der Waals surface area contributed by atoms with Gasteiger partial charge < -0.3 is 14.4 Å². The summed E-state index contributed by atoms with van der Waals surface area (Å²) in [6, 6.07) is 8.00.